The molecule has 26 heteroatoms. The number of methoxy groups -OCH3 is 1. The van der Waals surface area contributed by atoms with Crippen molar-refractivity contribution >= 4 is 17.7 Å². The number of thioether (sulfide) groups is 1. The van der Waals surface area contributed by atoms with E-state index in [9.17, 15) is 4.79 Å². The van der Waals surface area contributed by atoms with Crippen LogP contribution in [0.15, 0.2) is 0 Å². The van der Waals surface area contributed by atoms with Gasteiger partial charge in [-0.2, -0.15) is 11.8 Å². The summed E-state index contributed by atoms with van der Waals surface area (Å²) in [6, 6.07) is 0. The average molecular weight is 908 g/mol. The van der Waals surface area contributed by atoms with E-state index >= 15 is 0 Å². The Balaban J connectivity index is 3.09. The molecule has 0 aromatic rings. The van der Waals surface area contributed by atoms with Crippen LogP contribution < -0.4 is 5.32 Å². The fraction of sp³-hybridized carbons (Fsp3) is 0.971. The number of nitrogens with one attached hydrogen (secondary N) is 1. The minimum Gasteiger partial charge on any atom is -0.385 e. The van der Waals surface area contributed by atoms with Gasteiger partial charge in [0.05, 0.1) is 26.4 Å². The zero-order valence-electron chi connectivity index (χ0n) is 35.1. The number of amides is 1. The summed E-state index contributed by atoms with van der Waals surface area (Å²) in [7, 11) is 1.68. The van der Waals surface area contributed by atoms with Crippen LogP contribution in [0.2, 0.25) is 0 Å². The summed E-state index contributed by atoms with van der Waals surface area (Å²) in [5, 5.41) is 2.85. The molecule has 0 heterocycles. The summed E-state index contributed by atoms with van der Waals surface area (Å²) in [5.41, 5.74) is 0. The van der Waals surface area contributed by atoms with E-state index in [1.807, 2.05) is 6.26 Å². The minimum atomic E-state index is -0.0403. The molecule has 0 bridgehead atoms. The van der Waals surface area contributed by atoms with Crippen LogP contribution >= 0.6 is 11.8 Å². The highest BCUT2D eigenvalue weighted by atomic mass is 32.2. The SMILES string of the molecule is COCCCCCNC(=O)CCOCCOOCCOOCCOOCCOOCCOOCCOOCCOOCCOOCCOOCCOOCCOCCSC. The highest BCUT2D eigenvalue weighted by Gasteiger charge is 2.02. The van der Waals surface area contributed by atoms with E-state index in [-0.39, 0.29) is 131 Å². The van der Waals surface area contributed by atoms with Crippen molar-refractivity contribution in [2.45, 2.75) is 25.7 Å². The minimum absolute atomic E-state index is 0.0403. The van der Waals surface area contributed by atoms with E-state index in [1.165, 1.54) is 0 Å². The molecular weight excluding hydrogens is 838 g/mol. The summed E-state index contributed by atoms with van der Waals surface area (Å²) in [5.74, 6) is 0.904. The number of ether oxygens (including phenoxy) is 3. The standard InChI is InChI=1S/C34H69NO24S/c1-37-8-5-3-4-7-35-34(36)6-9-38-10-12-40-42-14-16-44-46-18-20-48-50-22-24-52-54-26-28-56-58-30-31-59-57-29-27-55-53-25-23-51-49-21-19-47-45-17-15-43-41-13-11-39-32-33-60-2/h3-33H2,1-2H3,(H,35,36). The maximum atomic E-state index is 11.7. The fourth-order valence-corrected chi connectivity index (χ4v) is 3.64. The maximum Gasteiger partial charge on any atom is 0.222 e. The second kappa shape index (κ2) is 55.9. The van der Waals surface area contributed by atoms with Gasteiger partial charge in [0, 0.05) is 32.4 Å². The lowest BCUT2D eigenvalue weighted by Crippen LogP contribution is -2.25. The molecular formula is C34H69NO24S. The second-order valence-corrected chi connectivity index (χ2v) is 11.8. The van der Waals surface area contributed by atoms with Crippen molar-refractivity contribution < 1.29 is 117 Å². The highest BCUT2D eigenvalue weighted by Crippen LogP contribution is 1.95. The average Bonchev–Trinajstić information content (AvgIpc) is 3.25. The van der Waals surface area contributed by atoms with Crippen molar-refractivity contribution in [2.24, 2.45) is 0 Å². The second-order valence-electron chi connectivity index (χ2n) is 10.8. The van der Waals surface area contributed by atoms with E-state index < -0.39 is 0 Å². The quantitative estimate of drug-likeness (QED) is 0.0512. The predicted octanol–water partition coefficient (Wildman–Crippen LogP) is 1.19. The Bertz CT molecular complexity index is 806. The van der Waals surface area contributed by atoms with Crippen LogP contribution in [0.25, 0.3) is 0 Å². The smallest absolute Gasteiger partial charge is 0.222 e. The Labute approximate surface area is 356 Å². The molecule has 0 spiro atoms. The van der Waals surface area contributed by atoms with Gasteiger partial charge in [-0.25, -0.2) is 97.8 Å². The molecule has 0 aromatic carbocycles. The summed E-state index contributed by atoms with van der Waals surface area (Å²) >= 11 is 1.72. The molecule has 25 nitrogen and oxygen atoms in total. The number of rotatable bonds is 55. The van der Waals surface area contributed by atoms with Gasteiger partial charge in [-0.15, -0.1) is 0 Å². The molecule has 0 rings (SSSR count). The Morgan fingerprint density at radius 3 is 0.917 bits per heavy atom. The van der Waals surface area contributed by atoms with Crippen LogP contribution in [-0.4, -0.2) is 197 Å². The van der Waals surface area contributed by atoms with Gasteiger partial charge in [0.15, 0.2) is 0 Å². The molecule has 0 atom stereocenters. The molecule has 0 radical (unpaired) electrons. The number of hydrogen-bond donors (Lipinski definition) is 1. The van der Waals surface area contributed by atoms with Crippen molar-refractivity contribution in [3.05, 3.63) is 0 Å². The van der Waals surface area contributed by atoms with Gasteiger partial charge in [-0.3, -0.25) is 4.79 Å². The molecule has 1 N–H and O–H groups in total. The Morgan fingerprint density at radius 2 is 0.633 bits per heavy atom. The molecule has 0 aliphatic heterocycles. The van der Waals surface area contributed by atoms with Crippen molar-refractivity contribution in [3.63, 3.8) is 0 Å². The predicted molar refractivity (Wildman–Crippen MR) is 202 cm³/mol. The molecule has 0 saturated heterocycles. The lowest BCUT2D eigenvalue weighted by Gasteiger charge is -2.08. The van der Waals surface area contributed by atoms with E-state index in [1.54, 1.807) is 18.9 Å². The Morgan fingerprint density at radius 1 is 0.350 bits per heavy atom. The number of carbonyl (C=O) groups excluding carboxylic acids is 1. The van der Waals surface area contributed by atoms with Crippen LogP contribution in [0.1, 0.15) is 25.7 Å². The van der Waals surface area contributed by atoms with Gasteiger partial charge >= 0.3 is 0 Å². The van der Waals surface area contributed by atoms with Crippen molar-refractivity contribution in [1.29, 1.82) is 0 Å². The highest BCUT2D eigenvalue weighted by molar-refractivity contribution is 7.98. The zero-order chi connectivity index (χ0) is 43.2. The fourth-order valence-electron chi connectivity index (χ4n) is 3.35. The Kier molecular flexibility index (Phi) is 54.9. The number of carbonyl (C=O) groups is 1. The molecule has 0 aliphatic rings. The van der Waals surface area contributed by atoms with Crippen LogP contribution in [0.4, 0.5) is 0 Å². The van der Waals surface area contributed by atoms with Crippen LogP contribution in [-0.2, 0) is 117 Å². The first-order valence-corrected chi connectivity index (χ1v) is 21.0. The van der Waals surface area contributed by atoms with Crippen LogP contribution in [0.3, 0.4) is 0 Å². The largest absolute Gasteiger partial charge is 0.385 e. The molecule has 360 valence electrons. The van der Waals surface area contributed by atoms with E-state index in [0.29, 0.717) is 46.0 Å². The third-order valence-electron chi connectivity index (χ3n) is 5.96. The Hall–Kier alpha value is -1.10. The van der Waals surface area contributed by atoms with Gasteiger partial charge in [-0.05, 0) is 25.5 Å². The van der Waals surface area contributed by atoms with Gasteiger partial charge in [0.2, 0.25) is 5.91 Å². The van der Waals surface area contributed by atoms with Gasteiger partial charge in [0.1, 0.15) is 132 Å². The summed E-state index contributed by atoms with van der Waals surface area (Å²) in [4.78, 5) is 110. The monoisotopic (exact) mass is 907 g/mol. The number of unbranched alkanes of at least 4 members (excludes halogenated alkanes) is 2. The van der Waals surface area contributed by atoms with E-state index in [4.69, 9.17) is 112 Å². The molecule has 0 unspecified atom stereocenters. The number of hydrogen-bond acceptors (Lipinski definition) is 25. The van der Waals surface area contributed by atoms with Crippen LogP contribution in [0.5, 0.6) is 0 Å². The maximum absolute atomic E-state index is 11.7. The lowest BCUT2D eigenvalue weighted by molar-refractivity contribution is -0.379. The molecule has 0 aliphatic carbocycles. The third kappa shape index (κ3) is 54.9. The zero-order valence-corrected chi connectivity index (χ0v) is 35.9. The summed E-state index contributed by atoms with van der Waals surface area (Å²) in [6.45, 7) is 6.15. The first-order valence-electron chi connectivity index (χ1n) is 19.6. The van der Waals surface area contributed by atoms with Crippen molar-refractivity contribution in [1.82, 2.24) is 5.32 Å². The van der Waals surface area contributed by atoms with Crippen molar-refractivity contribution in [2.75, 3.05) is 191 Å². The molecule has 0 saturated carbocycles. The van der Waals surface area contributed by atoms with E-state index in [0.717, 1.165) is 31.6 Å². The van der Waals surface area contributed by atoms with Gasteiger partial charge in [0.25, 0.3) is 0 Å². The third-order valence-corrected chi connectivity index (χ3v) is 6.53. The molecule has 0 aromatic heterocycles. The lowest BCUT2D eigenvalue weighted by atomic mass is 10.2. The summed E-state index contributed by atoms with van der Waals surface area (Å²) < 4.78 is 15.6. The first kappa shape index (κ1) is 58.9. The van der Waals surface area contributed by atoms with E-state index in [2.05, 4.69) is 5.32 Å². The van der Waals surface area contributed by atoms with Crippen molar-refractivity contribution in [3.8, 4) is 0 Å². The molecule has 1 amide bonds. The van der Waals surface area contributed by atoms with Gasteiger partial charge in [-0.1, -0.05) is 0 Å². The molecule has 0 fully saturated rings. The normalized spacial score (nSPS) is 11.6. The summed E-state index contributed by atoms with van der Waals surface area (Å²) in [6.07, 6.45) is 5.24. The molecule has 60 heavy (non-hydrogen) atoms. The first-order chi connectivity index (χ1) is 29.8. The van der Waals surface area contributed by atoms with Crippen LogP contribution in [0, 0.1) is 0 Å². The van der Waals surface area contributed by atoms with Gasteiger partial charge < -0.3 is 19.5 Å². The topological polar surface area (TPSA) is 241 Å².